The minimum atomic E-state index is -6.36. The zero-order valence-corrected chi connectivity index (χ0v) is 10.6. The molecular weight excluding hydrogens is 324 g/mol. The lowest BCUT2D eigenvalue weighted by Gasteiger charge is -2.31. The van der Waals surface area contributed by atoms with Gasteiger partial charge in [0.2, 0.25) is 0 Å². The number of carbonyl (C=O) groups excluding carboxylic acids is 1. The molecule has 0 saturated carbocycles. The molecular formula is C9H10F8O2S. The van der Waals surface area contributed by atoms with Crippen molar-refractivity contribution in [2.24, 2.45) is 0 Å². The van der Waals surface area contributed by atoms with Gasteiger partial charge in [0.15, 0.2) is 6.61 Å². The minimum absolute atomic E-state index is 0.0805. The van der Waals surface area contributed by atoms with Crippen LogP contribution in [0.5, 0.6) is 0 Å². The van der Waals surface area contributed by atoms with Gasteiger partial charge in [-0.15, -0.1) is 0 Å². The van der Waals surface area contributed by atoms with Crippen LogP contribution in [0, 0.1) is 0 Å². The van der Waals surface area contributed by atoms with Crippen molar-refractivity contribution in [3.05, 3.63) is 0 Å². The summed E-state index contributed by atoms with van der Waals surface area (Å²) in [6.07, 6.45) is -5.36. The van der Waals surface area contributed by atoms with E-state index in [9.17, 15) is 39.9 Å². The molecule has 0 unspecified atom stereocenters. The number of ether oxygens (including phenoxy) is 1. The highest BCUT2D eigenvalue weighted by Crippen LogP contribution is 2.48. The minimum Gasteiger partial charge on any atom is -0.459 e. The summed E-state index contributed by atoms with van der Waals surface area (Å²) in [6.45, 7) is -2.42. The molecule has 0 atom stereocenters. The van der Waals surface area contributed by atoms with Crippen molar-refractivity contribution in [3.63, 3.8) is 0 Å². The molecule has 0 rings (SSSR count). The largest absolute Gasteiger partial charge is 0.459 e. The molecule has 0 aliphatic heterocycles. The lowest BCUT2D eigenvalue weighted by atomic mass is 10.1. The number of carbonyl (C=O) groups is 1. The van der Waals surface area contributed by atoms with E-state index in [1.807, 2.05) is 0 Å². The number of esters is 1. The second-order valence-corrected chi connectivity index (χ2v) is 4.14. The molecule has 0 N–H and O–H groups in total. The van der Waals surface area contributed by atoms with Gasteiger partial charge < -0.3 is 4.74 Å². The fraction of sp³-hybridized carbons (Fsp3) is 0.889. The van der Waals surface area contributed by atoms with E-state index in [4.69, 9.17) is 0 Å². The van der Waals surface area contributed by atoms with Gasteiger partial charge >= 0.3 is 30.2 Å². The highest BCUT2D eigenvalue weighted by atomic mass is 32.1. The number of rotatable bonds is 8. The summed E-state index contributed by atoms with van der Waals surface area (Å²) in [5, 5.41) is 0. The van der Waals surface area contributed by atoms with Crippen molar-refractivity contribution in [2.75, 3.05) is 12.4 Å². The van der Waals surface area contributed by atoms with Gasteiger partial charge in [-0.25, -0.2) is 8.78 Å². The van der Waals surface area contributed by atoms with Gasteiger partial charge in [0.1, 0.15) is 0 Å². The van der Waals surface area contributed by atoms with Crippen LogP contribution in [0.15, 0.2) is 0 Å². The molecule has 0 heterocycles. The molecule has 0 amide bonds. The van der Waals surface area contributed by atoms with E-state index in [0.29, 0.717) is 0 Å². The molecule has 11 heteroatoms. The quantitative estimate of drug-likeness (QED) is 0.418. The topological polar surface area (TPSA) is 26.3 Å². The Kier molecular flexibility index (Phi) is 6.56. The van der Waals surface area contributed by atoms with E-state index in [-0.39, 0.29) is 12.2 Å². The summed E-state index contributed by atoms with van der Waals surface area (Å²) in [7, 11) is 0. The monoisotopic (exact) mass is 334 g/mol. The molecule has 0 aromatic rings. The van der Waals surface area contributed by atoms with Gasteiger partial charge in [-0.1, -0.05) is 0 Å². The average Bonchev–Trinajstić information content (AvgIpc) is 2.33. The standard InChI is InChI=1S/C9H10F8O2S/c10-6(11)8(14,15)9(16,17)7(12,13)4-19-5(18)2-1-3-20/h6,20H,1-4H2. The maximum Gasteiger partial charge on any atom is 0.381 e. The Bertz CT molecular complexity index is 334. The normalized spacial score (nSPS) is 13.7. The van der Waals surface area contributed by atoms with Gasteiger partial charge in [0.25, 0.3) is 0 Å². The van der Waals surface area contributed by atoms with Crippen molar-refractivity contribution in [3.8, 4) is 0 Å². The van der Waals surface area contributed by atoms with Crippen LogP contribution in [-0.2, 0) is 9.53 Å². The molecule has 2 nitrogen and oxygen atoms in total. The fourth-order valence-electron chi connectivity index (χ4n) is 0.938. The van der Waals surface area contributed by atoms with E-state index < -0.39 is 43.2 Å². The molecule has 120 valence electrons. The smallest absolute Gasteiger partial charge is 0.381 e. The van der Waals surface area contributed by atoms with Crippen LogP contribution in [0.4, 0.5) is 35.1 Å². The molecule has 20 heavy (non-hydrogen) atoms. The number of hydrogen-bond donors (Lipinski definition) is 1. The molecule has 0 aromatic carbocycles. The van der Waals surface area contributed by atoms with Crippen LogP contribution in [0.3, 0.4) is 0 Å². The third-order valence-corrected chi connectivity index (χ3v) is 2.42. The Morgan fingerprint density at radius 3 is 2.00 bits per heavy atom. The highest BCUT2D eigenvalue weighted by Gasteiger charge is 2.75. The van der Waals surface area contributed by atoms with Crippen molar-refractivity contribution in [2.45, 2.75) is 37.0 Å². The maximum atomic E-state index is 12.9. The van der Waals surface area contributed by atoms with E-state index >= 15 is 0 Å². The molecule has 0 bridgehead atoms. The van der Waals surface area contributed by atoms with Crippen LogP contribution >= 0.6 is 12.6 Å². The highest BCUT2D eigenvalue weighted by molar-refractivity contribution is 7.80. The fourth-order valence-corrected chi connectivity index (χ4v) is 1.10. The Labute approximate surface area is 113 Å². The summed E-state index contributed by atoms with van der Waals surface area (Å²) in [6, 6.07) is 0. The van der Waals surface area contributed by atoms with Crippen LogP contribution in [0.25, 0.3) is 0 Å². The zero-order chi connectivity index (χ0) is 16.2. The van der Waals surface area contributed by atoms with Crippen molar-refractivity contribution >= 4 is 18.6 Å². The summed E-state index contributed by atoms with van der Waals surface area (Å²) in [5.74, 6) is -19.4. The lowest BCUT2D eigenvalue weighted by molar-refractivity contribution is -0.344. The van der Waals surface area contributed by atoms with Gasteiger partial charge in [-0.05, 0) is 12.2 Å². The number of thiol groups is 1. The summed E-state index contributed by atoms with van der Waals surface area (Å²) < 4.78 is 103. The van der Waals surface area contributed by atoms with Crippen molar-refractivity contribution < 1.29 is 44.7 Å². The molecule has 0 spiro atoms. The van der Waals surface area contributed by atoms with E-state index in [0.717, 1.165) is 0 Å². The van der Waals surface area contributed by atoms with E-state index in [2.05, 4.69) is 17.4 Å². The second kappa shape index (κ2) is 6.81. The Balaban J connectivity index is 4.82. The van der Waals surface area contributed by atoms with Crippen LogP contribution < -0.4 is 0 Å². The van der Waals surface area contributed by atoms with Crippen LogP contribution in [0.2, 0.25) is 0 Å². The SMILES string of the molecule is O=C(CCCS)OCC(F)(F)C(F)(F)C(F)(F)C(F)F. The van der Waals surface area contributed by atoms with Crippen molar-refractivity contribution in [1.29, 1.82) is 0 Å². The third kappa shape index (κ3) is 4.13. The Morgan fingerprint density at radius 2 is 1.60 bits per heavy atom. The second-order valence-electron chi connectivity index (χ2n) is 3.69. The molecule has 0 aliphatic carbocycles. The van der Waals surface area contributed by atoms with Gasteiger partial charge in [0, 0.05) is 6.42 Å². The number of alkyl halides is 8. The third-order valence-electron chi connectivity index (χ3n) is 2.11. The zero-order valence-electron chi connectivity index (χ0n) is 9.69. The Hall–Kier alpha value is -0.740. The number of halogens is 8. The summed E-state index contributed by atoms with van der Waals surface area (Å²) >= 11 is 3.67. The van der Waals surface area contributed by atoms with Gasteiger partial charge in [-0.3, -0.25) is 4.79 Å². The van der Waals surface area contributed by atoms with E-state index in [1.54, 1.807) is 0 Å². The molecule has 0 radical (unpaired) electrons. The first-order chi connectivity index (χ1) is 8.90. The van der Waals surface area contributed by atoms with E-state index in [1.165, 1.54) is 0 Å². The Morgan fingerprint density at radius 1 is 1.10 bits per heavy atom. The number of hydrogen-bond acceptors (Lipinski definition) is 3. The first-order valence-corrected chi connectivity index (χ1v) is 5.71. The molecule has 0 saturated heterocycles. The first kappa shape index (κ1) is 19.3. The molecule has 0 fully saturated rings. The van der Waals surface area contributed by atoms with Gasteiger partial charge in [0.05, 0.1) is 0 Å². The van der Waals surface area contributed by atoms with Crippen LogP contribution in [0.1, 0.15) is 12.8 Å². The molecule has 0 aromatic heterocycles. The van der Waals surface area contributed by atoms with Crippen LogP contribution in [-0.4, -0.2) is 42.5 Å². The van der Waals surface area contributed by atoms with Gasteiger partial charge in [-0.2, -0.15) is 39.0 Å². The predicted molar refractivity (Wildman–Crippen MR) is 54.9 cm³/mol. The predicted octanol–water partition coefficient (Wildman–Crippen LogP) is 3.41. The first-order valence-electron chi connectivity index (χ1n) is 5.08. The lowest BCUT2D eigenvalue weighted by Crippen LogP contribution is -2.59. The average molecular weight is 334 g/mol. The molecule has 0 aliphatic rings. The maximum absolute atomic E-state index is 12.9. The van der Waals surface area contributed by atoms with Crippen molar-refractivity contribution in [1.82, 2.24) is 0 Å². The summed E-state index contributed by atoms with van der Waals surface area (Å²) in [5.41, 5.74) is 0. The summed E-state index contributed by atoms with van der Waals surface area (Å²) in [4.78, 5) is 10.8.